The van der Waals surface area contributed by atoms with Crippen LogP contribution in [0.25, 0.3) is 5.76 Å². The van der Waals surface area contributed by atoms with Crippen molar-refractivity contribution in [2.24, 2.45) is 5.92 Å². The van der Waals surface area contributed by atoms with E-state index in [0.29, 0.717) is 42.6 Å². The molecule has 1 aromatic carbocycles. The minimum Gasteiger partial charge on any atom is -0.507 e. The molecule has 166 valence electrons. The van der Waals surface area contributed by atoms with E-state index in [-0.39, 0.29) is 11.3 Å². The molecule has 1 saturated heterocycles. The van der Waals surface area contributed by atoms with Crippen LogP contribution in [0, 0.1) is 5.92 Å². The zero-order chi connectivity index (χ0) is 22.5. The highest BCUT2D eigenvalue weighted by Crippen LogP contribution is 2.39. The fourth-order valence-electron chi connectivity index (χ4n) is 3.56. The van der Waals surface area contributed by atoms with Gasteiger partial charge in [-0.2, -0.15) is 0 Å². The molecule has 2 heterocycles. The van der Waals surface area contributed by atoms with Gasteiger partial charge in [0, 0.05) is 12.1 Å². The molecule has 3 rings (SSSR count). The zero-order valence-corrected chi connectivity index (χ0v) is 18.5. The second kappa shape index (κ2) is 9.83. The van der Waals surface area contributed by atoms with Gasteiger partial charge in [-0.15, -0.1) is 0 Å². The van der Waals surface area contributed by atoms with Crippen LogP contribution in [0.4, 0.5) is 0 Å². The van der Waals surface area contributed by atoms with E-state index in [4.69, 9.17) is 9.15 Å². The van der Waals surface area contributed by atoms with Crippen molar-refractivity contribution in [2.75, 3.05) is 33.8 Å². The summed E-state index contributed by atoms with van der Waals surface area (Å²) in [5, 5.41) is 11.1. The van der Waals surface area contributed by atoms with Crippen LogP contribution in [0.2, 0.25) is 0 Å². The SMILES string of the molecule is CC(C)COc1cccc(/C(O)=C2/C(=O)C(=O)N(CCCN(C)C)C2c2ccco2)c1. The van der Waals surface area contributed by atoms with E-state index in [2.05, 4.69) is 0 Å². The molecule has 0 saturated carbocycles. The van der Waals surface area contributed by atoms with Gasteiger partial charge in [0.05, 0.1) is 18.4 Å². The summed E-state index contributed by atoms with van der Waals surface area (Å²) < 4.78 is 11.3. The fraction of sp³-hybridized carbons (Fsp3) is 0.417. The van der Waals surface area contributed by atoms with Crippen LogP contribution in [0.3, 0.4) is 0 Å². The normalized spacial score (nSPS) is 18.4. The molecule has 1 aromatic heterocycles. The standard InChI is InChI=1S/C24H30N2O5/c1-16(2)15-31-18-9-5-8-17(14-18)22(27)20-21(19-10-6-13-30-19)26(24(29)23(20)28)12-7-11-25(3)4/h5-6,8-10,13-14,16,21,27H,7,11-12,15H2,1-4H3/b22-20-. The number of aliphatic hydroxyl groups is 1. The van der Waals surface area contributed by atoms with Crippen LogP contribution >= 0.6 is 0 Å². The third-order valence-electron chi connectivity index (χ3n) is 5.05. The van der Waals surface area contributed by atoms with Gasteiger partial charge < -0.3 is 24.1 Å². The Morgan fingerprint density at radius 3 is 2.65 bits per heavy atom. The Morgan fingerprint density at radius 2 is 2.00 bits per heavy atom. The molecule has 0 spiro atoms. The van der Waals surface area contributed by atoms with Gasteiger partial charge in [0.25, 0.3) is 11.7 Å². The summed E-state index contributed by atoms with van der Waals surface area (Å²) in [5.74, 6) is -0.190. The summed E-state index contributed by atoms with van der Waals surface area (Å²) in [6.07, 6.45) is 2.19. The lowest BCUT2D eigenvalue weighted by atomic mass is 9.99. The first-order chi connectivity index (χ1) is 14.8. The Kier molecular flexibility index (Phi) is 7.17. The molecule has 1 fully saturated rings. The van der Waals surface area contributed by atoms with Crippen molar-refractivity contribution >= 4 is 17.4 Å². The van der Waals surface area contributed by atoms with Crippen molar-refractivity contribution in [2.45, 2.75) is 26.3 Å². The van der Waals surface area contributed by atoms with Crippen molar-refractivity contribution in [3.8, 4) is 5.75 Å². The first-order valence-electron chi connectivity index (χ1n) is 10.5. The molecular formula is C24H30N2O5. The summed E-state index contributed by atoms with van der Waals surface area (Å²) >= 11 is 0. The zero-order valence-electron chi connectivity index (χ0n) is 18.5. The number of furan rings is 1. The van der Waals surface area contributed by atoms with E-state index in [1.165, 1.54) is 11.2 Å². The average Bonchev–Trinajstić information content (AvgIpc) is 3.34. The van der Waals surface area contributed by atoms with Gasteiger partial charge in [0.1, 0.15) is 23.3 Å². The van der Waals surface area contributed by atoms with Crippen LogP contribution in [0.5, 0.6) is 5.75 Å². The number of amides is 1. The molecule has 1 N–H and O–H groups in total. The number of ether oxygens (including phenoxy) is 1. The highest BCUT2D eigenvalue weighted by molar-refractivity contribution is 6.46. The highest BCUT2D eigenvalue weighted by Gasteiger charge is 2.47. The van der Waals surface area contributed by atoms with Crippen molar-refractivity contribution in [3.05, 3.63) is 59.6 Å². The second-order valence-corrected chi connectivity index (χ2v) is 8.40. The highest BCUT2D eigenvalue weighted by atomic mass is 16.5. The summed E-state index contributed by atoms with van der Waals surface area (Å²) in [6.45, 7) is 5.77. The van der Waals surface area contributed by atoms with Gasteiger partial charge in [-0.3, -0.25) is 9.59 Å². The number of rotatable bonds is 9. The molecular weight excluding hydrogens is 396 g/mol. The first-order valence-corrected chi connectivity index (χ1v) is 10.5. The van der Waals surface area contributed by atoms with E-state index >= 15 is 0 Å². The molecule has 2 aromatic rings. The topological polar surface area (TPSA) is 83.2 Å². The number of aliphatic hydroxyl groups excluding tert-OH is 1. The van der Waals surface area contributed by atoms with Crippen LogP contribution in [-0.2, 0) is 9.59 Å². The molecule has 0 aliphatic carbocycles. The Morgan fingerprint density at radius 1 is 1.23 bits per heavy atom. The van der Waals surface area contributed by atoms with Crippen LogP contribution in [0.1, 0.15) is 37.6 Å². The lowest BCUT2D eigenvalue weighted by Gasteiger charge is -2.24. The van der Waals surface area contributed by atoms with E-state index < -0.39 is 17.7 Å². The number of Topliss-reactive ketones (excluding diaryl/α,β-unsaturated/α-hetero) is 1. The van der Waals surface area contributed by atoms with Gasteiger partial charge in [0.15, 0.2) is 0 Å². The van der Waals surface area contributed by atoms with Crippen molar-refractivity contribution in [1.29, 1.82) is 0 Å². The monoisotopic (exact) mass is 426 g/mol. The van der Waals surface area contributed by atoms with E-state index in [1.54, 1.807) is 36.4 Å². The Balaban J connectivity index is 1.98. The molecule has 1 aliphatic heterocycles. The first kappa shape index (κ1) is 22.6. The summed E-state index contributed by atoms with van der Waals surface area (Å²) in [5.41, 5.74) is 0.454. The number of carbonyl (C=O) groups excluding carboxylic acids is 2. The number of benzene rings is 1. The third-order valence-corrected chi connectivity index (χ3v) is 5.05. The van der Waals surface area contributed by atoms with Crippen LogP contribution in [0.15, 0.2) is 52.7 Å². The molecule has 0 bridgehead atoms. The smallest absolute Gasteiger partial charge is 0.295 e. The maximum Gasteiger partial charge on any atom is 0.295 e. The summed E-state index contributed by atoms with van der Waals surface area (Å²) in [6, 6.07) is 9.56. The van der Waals surface area contributed by atoms with Gasteiger partial charge in [-0.25, -0.2) is 0 Å². The maximum atomic E-state index is 12.9. The quantitative estimate of drug-likeness (QED) is 0.374. The lowest BCUT2D eigenvalue weighted by Crippen LogP contribution is -2.32. The van der Waals surface area contributed by atoms with E-state index in [0.717, 1.165) is 6.54 Å². The number of hydrogen-bond acceptors (Lipinski definition) is 6. The van der Waals surface area contributed by atoms with Gasteiger partial charge in [-0.1, -0.05) is 26.0 Å². The predicted molar refractivity (Wildman–Crippen MR) is 118 cm³/mol. The number of ketones is 1. The van der Waals surface area contributed by atoms with E-state index in [1.807, 2.05) is 32.8 Å². The van der Waals surface area contributed by atoms with Gasteiger partial charge in [-0.05, 0) is 57.2 Å². The molecule has 1 atom stereocenters. The summed E-state index contributed by atoms with van der Waals surface area (Å²) in [7, 11) is 3.90. The average molecular weight is 427 g/mol. The maximum absolute atomic E-state index is 12.9. The Bertz CT molecular complexity index is 947. The lowest BCUT2D eigenvalue weighted by molar-refractivity contribution is -0.140. The predicted octanol–water partition coefficient (Wildman–Crippen LogP) is 3.69. The Hall–Kier alpha value is -3.06. The second-order valence-electron chi connectivity index (χ2n) is 8.40. The minimum absolute atomic E-state index is 0.0332. The van der Waals surface area contributed by atoms with Crippen LogP contribution < -0.4 is 4.74 Å². The van der Waals surface area contributed by atoms with Crippen molar-refractivity contribution in [3.63, 3.8) is 0 Å². The largest absolute Gasteiger partial charge is 0.507 e. The van der Waals surface area contributed by atoms with Crippen molar-refractivity contribution < 1.29 is 23.8 Å². The molecule has 1 amide bonds. The van der Waals surface area contributed by atoms with E-state index in [9.17, 15) is 14.7 Å². The number of nitrogens with zero attached hydrogens (tertiary/aromatic N) is 2. The number of likely N-dealkylation sites (tertiary alicyclic amines) is 1. The number of carbonyl (C=O) groups is 2. The molecule has 31 heavy (non-hydrogen) atoms. The molecule has 7 heteroatoms. The van der Waals surface area contributed by atoms with Gasteiger partial charge in [0.2, 0.25) is 0 Å². The third kappa shape index (κ3) is 5.17. The molecule has 1 unspecified atom stereocenters. The van der Waals surface area contributed by atoms with Crippen molar-refractivity contribution in [1.82, 2.24) is 9.80 Å². The fourth-order valence-corrected chi connectivity index (χ4v) is 3.56. The summed E-state index contributed by atoms with van der Waals surface area (Å²) in [4.78, 5) is 29.3. The van der Waals surface area contributed by atoms with Gasteiger partial charge >= 0.3 is 0 Å². The molecule has 0 radical (unpaired) electrons. The molecule has 7 nitrogen and oxygen atoms in total. The Labute approximate surface area is 182 Å². The number of hydrogen-bond donors (Lipinski definition) is 1. The van der Waals surface area contributed by atoms with Crippen LogP contribution in [-0.4, -0.2) is 60.4 Å². The minimum atomic E-state index is -0.766. The molecule has 1 aliphatic rings.